The van der Waals surface area contributed by atoms with Gasteiger partial charge in [0, 0.05) is 0 Å². The van der Waals surface area contributed by atoms with Crippen molar-refractivity contribution in [1.29, 1.82) is 0 Å². The molecule has 1 aliphatic carbocycles. The van der Waals surface area contributed by atoms with Crippen LogP contribution in [0, 0.1) is 5.41 Å². The summed E-state index contributed by atoms with van der Waals surface area (Å²) in [5, 5.41) is 0. The molecule has 0 heterocycles. The summed E-state index contributed by atoms with van der Waals surface area (Å²) >= 11 is 0. The molecule has 66 valence electrons. The maximum Gasteiger partial charge on any atom is 0.394 e. The highest BCUT2D eigenvalue weighted by atomic mass is 19.4. The average molecular weight is 166 g/mol. The Morgan fingerprint density at radius 3 is 1.82 bits per heavy atom. The van der Waals surface area contributed by atoms with Gasteiger partial charge in [-0.3, -0.25) is 0 Å². The van der Waals surface area contributed by atoms with Crippen molar-refractivity contribution in [3.8, 4) is 0 Å². The van der Waals surface area contributed by atoms with Crippen LogP contribution in [0.15, 0.2) is 0 Å². The lowest BCUT2D eigenvalue weighted by Crippen LogP contribution is -2.34. The van der Waals surface area contributed by atoms with Crippen molar-refractivity contribution in [1.82, 2.24) is 0 Å². The van der Waals surface area contributed by atoms with E-state index in [0.717, 1.165) is 12.8 Å². The van der Waals surface area contributed by atoms with Crippen LogP contribution in [0.3, 0.4) is 0 Å². The maximum atomic E-state index is 12.4. The molecular weight excluding hydrogens is 153 g/mol. The second-order valence-corrected chi connectivity index (χ2v) is 3.34. The molecule has 0 amide bonds. The summed E-state index contributed by atoms with van der Waals surface area (Å²) in [6.07, 6.45) is -1.56. The Bertz CT molecular complexity index is 131. The molecular formula is C8H13F3. The van der Waals surface area contributed by atoms with Gasteiger partial charge >= 0.3 is 6.18 Å². The molecule has 0 nitrogen and oxygen atoms in total. The van der Waals surface area contributed by atoms with Crippen LogP contribution >= 0.6 is 0 Å². The fourth-order valence-electron chi connectivity index (χ4n) is 1.89. The van der Waals surface area contributed by atoms with Gasteiger partial charge in [-0.15, -0.1) is 0 Å². The highest BCUT2D eigenvalue weighted by Crippen LogP contribution is 2.52. The van der Waals surface area contributed by atoms with E-state index >= 15 is 0 Å². The van der Waals surface area contributed by atoms with Crippen LogP contribution in [0.25, 0.3) is 0 Å². The van der Waals surface area contributed by atoms with Crippen molar-refractivity contribution in [3.63, 3.8) is 0 Å². The van der Waals surface area contributed by atoms with Crippen molar-refractivity contribution in [3.05, 3.63) is 0 Å². The summed E-state index contributed by atoms with van der Waals surface area (Å²) in [5.41, 5.74) is -1.33. The standard InChI is InChI=1S/C8H13F3/c1-2-7(8(9,10)11)5-3-4-6-7/h2-6H2,1H3. The number of halogens is 3. The number of hydrogen-bond donors (Lipinski definition) is 0. The van der Waals surface area contributed by atoms with Gasteiger partial charge in [0.2, 0.25) is 0 Å². The maximum absolute atomic E-state index is 12.4. The largest absolute Gasteiger partial charge is 0.394 e. The first kappa shape index (κ1) is 8.88. The minimum absolute atomic E-state index is 0.247. The first-order chi connectivity index (χ1) is 5.02. The van der Waals surface area contributed by atoms with E-state index in [-0.39, 0.29) is 6.42 Å². The van der Waals surface area contributed by atoms with Crippen molar-refractivity contribution in [2.24, 2.45) is 5.41 Å². The summed E-state index contributed by atoms with van der Waals surface area (Å²) in [6, 6.07) is 0. The van der Waals surface area contributed by atoms with E-state index in [9.17, 15) is 13.2 Å². The zero-order chi connectivity index (χ0) is 8.54. The molecule has 3 heteroatoms. The Labute approximate surface area is 64.8 Å². The fraction of sp³-hybridized carbons (Fsp3) is 1.00. The molecule has 0 bridgehead atoms. The molecule has 0 N–H and O–H groups in total. The predicted octanol–water partition coefficient (Wildman–Crippen LogP) is 3.52. The summed E-state index contributed by atoms with van der Waals surface area (Å²) < 4.78 is 37.2. The Kier molecular flexibility index (Phi) is 2.17. The number of hydrogen-bond acceptors (Lipinski definition) is 0. The quantitative estimate of drug-likeness (QED) is 0.559. The molecule has 0 aromatic rings. The molecule has 1 fully saturated rings. The van der Waals surface area contributed by atoms with Gasteiger partial charge in [-0.25, -0.2) is 0 Å². The molecule has 0 aromatic carbocycles. The second kappa shape index (κ2) is 2.68. The molecule has 0 aromatic heterocycles. The van der Waals surface area contributed by atoms with Crippen molar-refractivity contribution in [2.75, 3.05) is 0 Å². The van der Waals surface area contributed by atoms with Gasteiger partial charge in [0.25, 0.3) is 0 Å². The van der Waals surface area contributed by atoms with Gasteiger partial charge in [0.1, 0.15) is 0 Å². The van der Waals surface area contributed by atoms with Crippen molar-refractivity contribution in [2.45, 2.75) is 45.2 Å². The first-order valence-electron chi connectivity index (χ1n) is 4.08. The van der Waals surface area contributed by atoms with Crippen LogP contribution in [0.2, 0.25) is 0 Å². The van der Waals surface area contributed by atoms with Crippen LogP contribution < -0.4 is 0 Å². The predicted molar refractivity (Wildman–Crippen MR) is 37.2 cm³/mol. The van der Waals surface area contributed by atoms with Crippen LogP contribution in [-0.4, -0.2) is 6.18 Å². The Hall–Kier alpha value is -0.210. The SMILES string of the molecule is CCC1(C(F)(F)F)CCCC1. The first-order valence-corrected chi connectivity index (χ1v) is 4.08. The molecule has 0 aliphatic heterocycles. The molecule has 1 saturated carbocycles. The molecule has 0 atom stereocenters. The Morgan fingerprint density at radius 1 is 1.18 bits per heavy atom. The number of alkyl halides is 3. The Balaban J connectivity index is 2.75. The van der Waals surface area contributed by atoms with Crippen LogP contribution in [0.5, 0.6) is 0 Å². The minimum Gasteiger partial charge on any atom is -0.171 e. The van der Waals surface area contributed by atoms with Crippen LogP contribution in [-0.2, 0) is 0 Å². The van der Waals surface area contributed by atoms with Crippen LogP contribution in [0.1, 0.15) is 39.0 Å². The third-order valence-electron chi connectivity index (χ3n) is 2.84. The molecule has 1 aliphatic rings. The third-order valence-corrected chi connectivity index (χ3v) is 2.84. The third kappa shape index (κ3) is 1.37. The monoisotopic (exact) mass is 166 g/mol. The van der Waals surface area contributed by atoms with E-state index in [4.69, 9.17) is 0 Å². The summed E-state index contributed by atoms with van der Waals surface area (Å²) in [4.78, 5) is 0. The van der Waals surface area contributed by atoms with E-state index in [1.54, 1.807) is 6.92 Å². The summed E-state index contributed by atoms with van der Waals surface area (Å²) in [5.74, 6) is 0. The summed E-state index contributed by atoms with van der Waals surface area (Å²) in [7, 11) is 0. The van der Waals surface area contributed by atoms with Crippen molar-refractivity contribution >= 4 is 0 Å². The average Bonchev–Trinajstić information content (AvgIpc) is 2.33. The Morgan fingerprint density at radius 2 is 1.64 bits per heavy atom. The topological polar surface area (TPSA) is 0 Å². The lowest BCUT2D eigenvalue weighted by atomic mass is 9.83. The lowest BCUT2D eigenvalue weighted by Gasteiger charge is -2.29. The molecule has 0 unspecified atom stereocenters. The van der Waals surface area contributed by atoms with E-state index in [1.807, 2.05) is 0 Å². The zero-order valence-electron chi connectivity index (χ0n) is 6.67. The van der Waals surface area contributed by atoms with E-state index in [2.05, 4.69) is 0 Å². The van der Waals surface area contributed by atoms with E-state index in [1.165, 1.54) is 0 Å². The molecule has 1 rings (SSSR count). The van der Waals surface area contributed by atoms with E-state index < -0.39 is 11.6 Å². The van der Waals surface area contributed by atoms with Gasteiger partial charge in [0.05, 0.1) is 5.41 Å². The van der Waals surface area contributed by atoms with Gasteiger partial charge in [0.15, 0.2) is 0 Å². The number of rotatable bonds is 1. The highest BCUT2D eigenvalue weighted by molar-refractivity contribution is 4.89. The van der Waals surface area contributed by atoms with Gasteiger partial charge in [-0.2, -0.15) is 13.2 Å². The van der Waals surface area contributed by atoms with Crippen molar-refractivity contribution < 1.29 is 13.2 Å². The molecule has 0 radical (unpaired) electrons. The normalized spacial score (nSPS) is 24.0. The smallest absolute Gasteiger partial charge is 0.171 e. The van der Waals surface area contributed by atoms with Gasteiger partial charge in [-0.05, 0) is 19.3 Å². The molecule has 11 heavy (non-hydrogen) atoms. The summed E-state index contributed by atoms with van der Waals surface area (Å²) in [6.45, 7) is 1.64. The minimum atomic E-state index is -3.97. The van der Waals surface area contributed by atoms with E-state index in [0.29, 0.717) is 12.8 Å². The molecule has 0 spiro atoms. The fourth-order valence-corrected chi connectivity index (χ4v) is 1.89. The van der Waals surface area contributed by atoms with Gasteiger partial charge in [-0.1, -0.05) is 19.8 Å². The zero-order valence-corrected chi connectivity index (χ0v) is 6.67. The highest BCUT2D eigenvalue weighted by Gasteiger charge is 2.54. The molecule has 0 saturated heterocycles. The lowest BCUT2D eigenvalue weighted by molar-refractivity contribution is -0.223. The second-order valence-electron chi connectivity index (χ2n) is 3.34. The van der Waals surface area contributed by atoms with Crippen LogP contribution in [0.4, 0.5) is 13.2 Å². The van der Waals surface area contributed by atoms with Gasteiger partial charge < -0.3 is 0 Å².